The lowest BCUT2D eigenvalue weighted by Crippen LogP contribution is -2.27. The topological polar surface area (TPSA) is 49.2 Å². The summed E-state index contributed by atoms with van der Waals surface area (Å²) in [5.74, 6) is 0.169. The molecule has 0 saturated heterocycles. The predicted octanol–water partition coefficient (Wildman–Crippen LogP) is 2.49. The molecule has 0 aliphatic rings. The fraction of sp³-hybridized carbons (Fsp3) is 0.286. The van der Waals surface area contributed by atoms with E-state index in [4.69, 9.17) is 5.11 Å². The molecule has 0 aliphatic heterocycles. The van der Waals surface area contributed by atoms with Gasteiger partial charge in [0.25, 0.3) is 0 Å². The molecule has 0 unspecified atom stereocenters. The summed E-state index contributed by atoms with van der Waals surface area (Å²) in [5.41, 5.74) is -0.126. The molecule has 0 saturated carbocycles. The molecule has 7 heteroatoms. The SMILES string of the molecule is OCCN(Cc1cccnc1)c1cccc(C(F)(F)F)n1. The Labute approximate surface area is 119 Å². The molecular formula is C14H14F3N3O. The van der Waals surface area contributed by atoms with Crippen LogP contribution in [-0.2, 0) is 12.7 Å². The minimum atomic E-state index is -4.49. The third-order valence-electron chi connectivity index (χ3n) is 2.81. The second kappa shape index (κ2) is 6.53. The van der Waals surface area contributed by atoms with Crippen molar-refractivity contribution >= 4 is 5.82 Å². The van der Waals surface area contributed by atoms with Gasteiger partial charge in [0, 0.05) is 25.5 Å². The Bertz CT molecular complexity index is 575. The Morgan fingerprint density at radius 1 is 1.14 bits per heavy atom. The van der Waals surface area contributed by atoms with Crippen LogP contribution in [-0.4, -0.2) is 28.2 Å². The van der Waals surface area contributed by atoms with Crippen LogP contribution < -0.4 is 4.90 Å². The smallest absolute Gasteiger partial charge is 0.395 e. The molecule has 1 N–H and O–H groups in total. The molecule has 2 rings (SSSR count). The maximum absolute atomic E-state index is 12.7. The number of pyridine rings is 2. The van der Waals surface area contributed by atoms with Gasteiger partial charge in [-0.2, -0.15) is 13.2 Å². The number of aliphatic hydroxyl groups excluding tert-OH is 1. The molecule has 0 bridgehead atoms. The van der Waals surface area contributed by atoms with Gasteiger partial charge in [-0.05, 0) is 23.8 Å². The largest absolute Gasteiger partial charge is 0.433 e. The quantitative estimate of drug-likeness (QED) is 0.921. The maximum Gasteiger partial charge on any atom is 0.433 e. The summed E-state index contributed by atoms with van der Waals surface area (Å²) in [7, 11) is 0. The predicted molar refractivity (Wildman–Crippen MR) is 71.6 cm³/mol. The molecule has 0 fully saturated rings. The van der Waals surface area contributed by atoms with E-state index in [-0.39, 0.29) is 19.0 Å². The third-order valence-corrected chi connectivity index (χ3v) is 2.81. The molecular weight excluding hydrogens is 283 g/mol. The molecule has 0 radical (unpaired) electrons. The summed E-state index contributed by atoms with van der Waals surface area (Å²) in [4.78, 5) is 9.16. The van der Waals surface area contributed by atoms with Gasteiger partial charge in [-0.15, -0.1) is 0 Å². The fourth-order valence-corrected chi connectivity index (χ4v) is 1.86. The van der Waals surface area contributed by atoms with Gasteiger partial charge in [-0.1, -0.05) is 12.1 Å². The second-order valence-corrected chi connectivity index (χ2v) is 4.39. The standard InChI is InChI=1S/C14H14F3N3O/c15-14(16,17)12-4-1-5-13(19-12)20(7-8-21)10-11-3-2-6-18-9-11/h1-6,9,21H,7-8,10H2. The number of hydrogen-bond acceptors (Lipinski definition) is 4. The first-order valence-electron chi connectivity index (χ1n) is 6.29. The van der Waals surface area contributed by atoms with Crippen molar-refractivity contribution in [2.45, 2.75) is 12.7 Å². The van der Waals surface area contributed by atoms with Crippen LogP contribution >= 0.6 is 0 Å². The Balaban J connectivity index is 2.26. The minimum Gasteiger partial charge on any atom is -0.395 e. The van der Waals surface area contributed by atoms with E-state index in [0.717, 1.165) is 11.6 Å². The van der Waals surface area contributed by atoms with Gasteiger partial charge in [0.2, 0.25) is 0 Å². The van der Waals surface area contributed by atoms with Crippen molar-refractivity contribution in [3.05, 3.63) is 54.0 Å². The fourth-order valence-electron chi connectivity index (χ4n) is 1.86. The second-order valence-electron chi connectivity index (χ2n) is 4.39. The highest BCUT2D eigenvalue weighted by Crippen LogP contribution is 2.29. The Morgan fingerprint density at radius 3 is 2.57 bits per heavy atom. The van der Waals surface area contributed by atoms with Crippen molar-refractivity contribution in [2.24, 2.45) is 0 Å². The van der Waals surface area contributed by atoms with Gasteiger partial charge in [-0.25, -0.2) is 4.98 Å². The zero-order valence-electron chi connectivity index (χ0n) is 11.1. The zero-order valence-corrected chi connectivity index (χ0v) is 11.1. The molecule has 0 amide bonds. The highest BCUT2D eigenvalue weighted by Gasteiger charge is 2.32. The number of hydrogen-bond donors (Lipinski definition) is 1. The van der Waals surface area contributed by atoms with Gasteiger partial charge in [-0.3, -0.25) is 4.98 Å². The Hall–Kier alpha value is -2.15. The third kappa shape index (κ3) is 4.16. The first kappa shape index (κ1) is 15.2. The average Bonchev–Trinajstić information content (AvgIpc) is 2.47. The van der Waals surface area contributed by atoms with Crippen LogP contribution in [0.25, 0.3) is 0 Å². The monoisotopic (exact) mass is 297 g/mol. The number of halogens is 3. The number of aliphatic hydroxyl groups is 1. The lowest BCUT2D eigenvalue weighted by atomic mass is 10.2. The molecule has 0 spiro atoms. The number of alkyl halides is 3. The van der Waals surface area contributed by atoms with E-state index < -0.39 is 11.9 Å². The van der Waals surface area contributed by atoms with Gasteiger partial charge in [0.15, 0.2) is 0 Å². The van der Waals surface area contributed by atoms with Gasteiger partial charge < -0.3 is 10.0 Å². The van der Waals surface area contributed by atoms with Crippen LogP contribution in [0.1, 0.15) is 11.3 Å². The summed E-state index contributed by atoms with van der Waals surface area (Å²) >= 11 is 0. The first-order valence-corrected chi connectivity index (χ1v) is 6.29. The maximum atomic E-state index is 12.7. The molecule has 0 atom stereocenters. The molecule has 2 aromatic heterocycles. The molecule has 0 aromatic carbocycles. The van der Waals surface area contributed by atoms with E-state index in [2.05, 4.69) is 9.97 Å². The molecule has 2 aromatic rings. The van der Waals surface area contributed by atoms with Crippen molar-refractivity contribution in [2.75, 3.05) is 18.1 Å². The lowest BCUT2D eigenvalue weighted by Gasteiger charge is -2.23. The van der Waals surface area contributed by atoms with Crippen molar-refractivity contribution in [1.82, 2.24) is 9.97 Å². The van der Waals surface area contributed by atoms with Crippen molar-refractivity contribution in [3.8, 4) is 0 Å². The number of rotatable bonds is 5. The summed E-state index contributed by atoms with van der Waals surface area (Å²) in [5, 5.41) is 9.10. The molecule has 4 nitrogen and oxygen atoms in total. The average molecular weight is 297 g/mol. The summed E-state index contributed by atoms with van der Waals surface area (Å²) in [6, 6.07) is 7.27. The van der Waals surface area contributed by atoms with Crippen molar-refractivity contribution in [1.29, 1.82) is 0 Å². The highest BCUT2D eigenvalue weighted by atomic mass is 19.4. The van der Waals surface area contributed by atoms with Gasteiger partial charge in [0.05, 0.1) is 6.61 Å². The summed E-state index contributed by atoms with van der Waals surface area (Å²) in [6.45, 7) is 0.324. The Kier molecular flexibility index (Phi) is 4.74. The number of aromatic nitrogens is 2. The van der Waals surface area contributed by atoms with E-state index in [1.54, 1.807) is 23.4 Å². The van der Waals surface area contributed by atoms with E-state index in [9.17, 15) is 13.2 Å². The molecule has 2 heterocycles. The van der Waals surface area contributed by atoms with E-state index in [1.807, 2.05) is 6.07 Å². The van der Waals surface area contributed by atoms with E-state index in [1.165, 1.54) is 12.1 Å². The normalized spacial score (nSPS) is 11.4. The van der Waals surface area contributed by atoms with E-state index in [0.29, 0.717) is 6.54 Å². The first-order chi connectivity index (χ1) is 10.0. The lowest BCUT2D eigenvalue weighted by molar-refractivity contribution is -0.141. The van der Waals surface area contributed by atoms with Crippen LogP contribution in [0.5, 0.6) is 0 Å². The van der Waals surface area contributed by atoms with Crippen molar-refractivity contribution < 1.29 is 18.3 Å². The van der Waals surface area contributed by atoms with Crippen LogP contribution in [0.4, 0.5) is 19.0 Å². The molecule has 0 aliphatic carbocycles. The Morgan fingerprint density at radius 2 is 1.95 bits per heavy atom. The zero-order chi connectivity index (χ0) is 15.3. The van der Waals surface area contributed by atoms with E-state index >= 15 is 0 Å². The van der Waals surface area contributed by atoms with Crippen LogP contribution in [0.3, 0.4) is 0 Å². The molecule has 112 valence electrons. The van der Waals surface area contributed by atoms with Gasteiger partial charge >= 0.3 is 6.18 Å². The van der Waals surface area contributed by atoms with Crippen molar-refractivity contribution in [3.63, 3.8) is 0 Å². The summed E-state index contributed by atoms with van der Waals surface area (Å²) < 4.78 is 38.1. The number of anilines is 1. The van der Waals surface area contributed by atoms with Crippen LogP contribution in [0.15, 0.2) is 42.7 Å². The van der Waals surface area contributed by atoms with Crippen LogP contribution in [0, 0.1) is 0 Å². The molecule has 21 heavy (non-hydrogen) atoms. The van der Waals surface area contributed by atoms with Crippen LogP contribution in [0.2, 0.25) is 0 Å². The highest BCUT2D eigenvalue weighted by molar-refractivity contribution is 5.40. The number of nitrogens with zero attached hydrogens (tertiary/aromatic N) is 3. The van der Waals surface area contributed by atoms with Gasteiger partial charge in [0.1, 0.15) is 11.5 Å². The summed E-state index contributed by atoms with van der Waals surface area (Å²) in [6.07, 6.45) is -1.25. The minimum absolute atomic E-state index is 0.169.